The summed E-state index contributed by atoms with van der Waals surface area (Å²) in [6.07, 6.45) is 1.50. The molecule has 0 aliphatic carbocycles. The SMILES string of the molecule is CCOC(=O)c1sc(Nc2ncnc3ccccc23)nc1C. The van der Waals surface area contributed by atoms with E-state index in [2.05, 4.69) is 20.3 Å². The van der Waals surface area contributed by atoms with E-state index in [0.29, 0.717) is 28.1 Å². The molecule has 2 heterocycles. The summed E-state index contributed by atoms with van der Waals surface area (Å²) in [5, 5.41) is 4.65. The Morgan fingerprint density at radius 1 is 1.32 bits per heavy atom. The van der Waals surface area contributed by atoms with Crippen LogP contribution >= 0.6 is 11.3 Å². The van der Waals surface area contributed by atoms with Crippen LogP contribution in [0.4, 0.5) is 10.9 Å². The number of benzene rings is 1. The van der Waals surface area contributed by atoms with Crippen LogP contribution in [0.3, 0.4) is 0 Å². The maximum atomic E-state index is 11.8. The van der Waals surface area contributed by atoms with Gasteiger partial charge in [-0.3, -0.25) is 0 Å². The van der Waals surface area contributed by atoms with E-state index in [0.717, 1.165) is 10.9 Å². The largest absolute Gasteiger partial charge is 0.462 e. The van der Waals surface area contributed by atoms with Gasteiger partial charge in [-0.2, -0.15) is 0 Å². The average Bonchev–Trinajstić information content (AvgIpc) is 2.89. The lowest BCUT2D eigenvalue weighted by molar-refractivity contribution is 0.0531. The zero-order valence-corrected chi connectivity index (χ0v) is 13.0. The van der Waals surface area contributed by atoms with Gasteiger partial charge in [-0.25, -0.2) is 19.7 Å². The third kappa shape index (κ3) is 2.75. The molecule has 0 bridgehead atoms. The highest BCUT2D eigenvalue weighted by Crippen LogP contribution is 2.28. The van der Waals surface area contributed by atoms with Gasteiger partial charge in [0.1, 0.15) is 17.0 Å². The van der Waals surface area contributed by atoms with Crippen molar-refractivity contribution in [1.29, 1.82) is 0 Å². The highest BCUT2D eigenvalue weighted by molar-refractivity contribution is 7.17. The van der Waals surface area contributed by atoms with Crippen LogP contribution in [0.15, 0.2) is 30.6 Å². The van der Waals surface area contributed by atoms with Gasteiger partial charge in [0.2, 0.25) is 0 Å². The first-order valence-electron chi connectivity index (χ1n) is 6.80. The number of hydrogen-bond acceptors (Lipinski definition) is 7. The molecule has 0 aliphatic rings. The summed E-state index contributed by atoms with van der Waals surface area (Å²) in [5.41, 5.74) is 1.49. The smallest absolute Gasteiger partial charge is 0.350 e. The Hall–Kier alpha value is -2.54. The van der Waals surface area contributed by atoms with Gasteiger partial charge >= 0.3 is 5.97 Å². The van der Waals surface area contributed by atoms with E-state index in [1.54, 1.807) is 13.8 Å². The van der Waals surface area contributed by atoms with Crippen LogP contribution in [-0.2, 0) is 4.74 Å². The lowest BCUT2D eigenvalue weighted by Gasteiger charge is -2.04. The topological polar surface area (TPSA) is 77.0 Å². The molecule has 0 atom stereocenters. The van der Waals surface area contributed by atoms with E-state index in [-0.39, 0.29) is 5.97 Å². The predicted molar refractivity (Wildman–Crippen MR) is 85.6 cm³/mol. The Bertz CT molecular complexity index is 826. The molecule has 3 rings (SSSR count). The number of carbonyl (C=O) groups excluding carboxylic acids is 1. The Balaban J connectivity index is 1.93. The standard InChI is InChI=1S/C15H14N4O2S/c1-3-21-14(20)12-9(2)18-15(22-12)19-13-10-6-4-5-7-11(10)16-8-17-13/h4-8H,3H2,1-2H3,(H,16,17,18,19). The minimum Gasteiger partial charge on any atom is -0.462 e. The van der Waals surface area contributed by atoms with Crippen LogP contribution in [0.1, 0.15) is 22.3 Å². The average molecular weight is 314 g/mol. The third-order valence-electron chi connectivity index (χ3n) is 3.03. The number of thiazole rings is 1. The summed E-state index contributed by atoms with van der Waals surface area (Å²) in [6, 6.07) is 7.70. The number of carbonyl (C=O) groups is 1. The first-order valence-corrected chi connectivity index (χ1v) is 7.62. The second-order valence-corrected chi connectivity index (χ2v) is 5.52. The van der Waals surface area contributed by atoms with Gasteiger partial charge in [-0.05, 0) is 26.0 Å². The first-order chi connectivity index (χ1) is 10.7. The third-order valence-corrected chi connectivity index (χ3v) is 4.08. The molecule has 7 heteroatoms. The minimum absolute atomic E-state index is 0.343. The molecule has 0 unspecified atom stereocenters. The van der Waals surface area contributed by atoms with Gasteiger partial charge in [0.15, 0.2) is 5.13 Å². The Morgan fingerprint density at radius 3 is 2.95 bits per heavy atom. The lowest BCUT2D eigenvalue weighted by Crippen LogP contribution is -2.03. The molecule has 112 valence electrons. The molecule has 0 aliphatic heterocycles. The fourth-order valence-corrected chi connectivity index (χ4v) is 2.90. The van der Waals surface area contributed by atoms with E-state index in [9.17, 15) is 4.79 Å². The quantitative estimate of drug-likeness (QED) is 0.744. The van der Waals surface area contributed by atoms with E-state index < -0.39 is 0 Å². The minimum atomic E-state index is -0.349. The van der Waals surface area contributed by atoms with Crippen molar-refractivity contribution in [3.8, 4) is 0 Å². The van der Waals surface area contributed by atoms with Crippen LogP contribution in [-0.4, -0.2) is 27.5 Å². The van der Waals surface area contributed by atoms with Crippen molar-refractivity contribution in [2.45, 2.75) is 13.8 Å². The molecule has 1 aromatic carbocycles. The highest BCUT2D eigenvalue weighted by atomic mass is 32.1. The Labute approximate surface area is 131 Å². The molecule has 0 spiro atoms. The van der Waals surface area contributed by atoms with Crippen molar-refractivity contribution in [2.24, 2.45) is 0 Å². The van der Waals surface area contributed by atoms with Gasteiger partial charge in [-0.15, -0.1) is 0 Å². The summed E-state index contributed by atoms with van der Waals surface area (Å²) in [4.78, 5) is 25.2. The number of para-hydroxylation sites is 1. The molecule has 0 radical (unpaired) electrons. The molecule has 0 fully saturated rings. The van der Waals surface area contributed by atoms with Crippen LogP contribution in [0.25, 0.3) is 10.9 Å². The summed E-state index contributed by atoms with van der Waals surface area (Å²) in [6.45, 7) is 3.90. The molecule has 2 aromatic heterocycles. The molecule has 0 saturated carbocycles. The number of rotatable bonds is 4. The van der Waals surface area contributed by atoms with Crippen LogP contribution in [0, 0.1) is 6.92 Å². The number of nitrogens with one attached hydrogen (secondary N) is 1. The lowest BCUT2D eigenvalue weighted by atomic mass is 10.2. The van der Waals surface area contributed by atoms with Gasteiger partial charge < -0.3 is 10.1 Å². The number of aromatic nitrogens is 3. The number of anilines is 2. The molecule has 0 saturated heterocycles. The first kappa shape index (κ1) is 14.4. The maximum Gasteiger partial charge on any atom is 0.350 e. The van der Waals surface area contributed by atoms with Crippen molar-refractivity contribution in [1.82, 2.24) is 15.0 Å². The van der Waals surface area contributed by atoms with Gasteiger partial charge in [-0.1, -0.05) is 23.5 Å². The van der Waals surface area contributed by atoms with E-state index >= 15 is 0 Å². The molecular weight excluding hydrogens is 300 g/mol. The summed E-state index contributed by atoms with van der Waals surface area (Å²) >= 11 is 1.25. The molecule has 1 N–H and O–H groups in total. The van der Waals surface area contributed by atoms with Crippen molar-refractivity contribution in [2.75, 3.05) is 11.9 Å². The maximum absolute atomic E-state index is 11.8. The van der Waals surface area contributed by atoms with Gasteiger partial charge in [0.25, 0.3) is 0 Å². The normalized spacial score (nSPS) is 10.6. The summed E-state index contributed by atoms with van der Waals surface area (Å²) in [5.74, 6) is 0.313. The second-order valence-electron chi connectivity index (χ2n) is 4.52. The fraction of sp³-hybridized carbons (Fsp3) is 0.200. The number of ether oxygens (including phenoxy) is 1. The summed E-state index contributed by atoms with van der Waals surface area (Å²) < 4.78 is 5.02. The highest BCUT2D eigenvalue weighted by Gasteiger charge is 2.17. The molecule has 22 heavy (non-hydrogen) atoms. The van der Waals surface area contributed by atoms with Crippen molar-refractivity contribution < 1.29 is 9.53 Å². The molecular formula is C15H14N4O2S. The van der Waals surface area contributed by atoms with Gasteiger partial charge in [0.05, 0.1) is 17.8 Å². The Kier molecular flexibility index (Phi) is 3.97. The monoisotopic (exact) mass is 314 g/mol. The van der Waals surface area contributed by atoms with Crippen LogP contribution in [0.5, 0.6) is 0 Å². The van der Waals surface area contributed by atoms with Crippen molar-refractivity contribution >= 4 is 39.2 Å². The van der Waals surface area contributed by atoms with Crippen molar-refractivity contribution in [3.63, 3.8) is 0 Å². The van der Waals surface area contributed by atoms with Gasteiger partial charge in [0, 0.05) is 5.39 Å². The summed E-state index contributed by atoms with van der Waals surface area (Å²) in [7, 11) is 0. The number of nitrogens with zero attached hydrogens (tertiary/aromatic N) is 3. The van der Waals surface area contributed by atoms with Crippen LogP contribution < -0.4 is 5.32 Å². The Morgan fingerprint density at radius 2 is 2.14 bits per heavy atom. The number of fused-ring (bicyclic) bond motifs is 1. The molecule has 3 aromatic rings. The zero-order valence-electron chi connectivity index (χ0n) is 12.2. The fourth-order valence-electron chi connectivity index (χ4n) is 2.04. The van der Waals surface area contributed by atoms with E-state index in [4.69, 9.17) is 4.74 Å². The second kappa shape index (κ2) is 6.07. The zero-order chi connectivity index (χ0) is 15.5. The molecule has 6 nitrogen and oxygen atoms in total. The number of aryl methyl sites for hydroxylation is 1. The van der Waals surface area contributed by atoms with Crippen LogP contribution in [0.2, 0.25) is 0 Å². The molecule has 0 amide bonds. The van der Waals surface area contributed by atoms with E-state index in [1.165, 1.54) is 17.7 Å². The number of hydrogen-bond donors (Lipinski definition) is 1. The predicted octanol–water partition coefficient (Wildman–Crippen LogP) is 3.32. The van der Waals surface area contributed by atoms with E-state index in [1.807, 2.05) is 24.3 Å². The number of esters is 1. The van der Waals surface area contributed by atoms with Crippen molar-refractivity contribution in [3.05, 3.63) is 41.2 Å².